The van der Waals surface area contributed by atoms with Crippen molar-refractivity contribution in [2.75, 3.05) is 5.75 Å². The summed E-state index contributed by atoms with van der Waals surface area (Å²) in [5, 5.41) is 9.21. The van der Waals surface area contributed by atoms with E-state index in [1.807, 2.05) is 13.8 Å². The molecule has 0 fully saturated rings. The lowest BCUT2D eigenvalue weighted by atomic mass is 10.1. The van der Waals surface area contributed by atoms with E-state index in [-0.39, 0.29) is 23.6 Å². The number of nitrogens with one attached hydrogen (secondary N) is 2. The van der Waals surface area contributed by atoms with Crippen LogP contribution in [-0.4, -0.2) is 28.8 Å². The number of rotatable bonds is 5. The van der Waals surface area contributed by atoms with E-state index < -0.39 is 6.04 Å². The molecule has 19 heavy (non-hydrogen) atoms. The minimum atomic E-state index is -0.649. The van der Waals surface area contributed by atoms with Gasteiger partial charge >= 0.3 is 0 Å². The number of hydrogen-bond acceptors (Lipinski definition) is 5. The zero-order valence-electron chi connectivity index (χ0n) is 11.5. The number of carbonyl (C=O) groups is 2. The molecule has 106 valence electrons. The highest BCUT2D eigenvalue weighted by atomic mass is 32.1. The van der Waals surface area contributed by atoms with Crippen LogP contribution in [0.1, 0.15) is 36.9 Å². The molecule has 0 aliphatic rings. The zero-order valence-corrected chi connectivity index (χ0v) is 12.4. The number of nitrogens with zero attached hydrogens (tertiary/aromatic N) is 1. The number of thiol groups is 1. The molecule has 0 saturated carbocycles. The van der Waals surface area contributed by atoms with Crippen LogP contribution in [0.2, 0.25) is 0 Å². The summed E-state index contributed by atoms with van der Waals surface area (Å²) < 4.78 is 5.06. The molecule has 0 aliphatic carbocycles. The summed E-state index contributed by atoms with van der Waals surface area (Å²) in [6, 6.07) is -0.890. The van der Waals surface area contributed by atoms with Crippen molar-refractivity contribution in [1.82, 2.24) is 15.8 Å². The van der Waals surface area contributed by atoms with Crippen molar-refractivity contribution < 1.29 is 14.1 Å². The van der Waals surface area contributed by atoms with Crippen LogP contribution in [0.15, 0.2) is 4.52 Å². The molecule has 1 rings (SSSR count). The quantitative estimate of drug-likeness (QED) is 0.702. The molecule has 2 unspecified atom stereocenters. The SMILES string of the molecule is CC(=O)NC(CS)C(=O)NC(C)c1c(C)noc1C. The molecule has 0 bridgehead atoms. The maximum absolute atomic E-state index is 12.0. The van der Waals surface area contributed by atoms with E-state index in [1.54, 1.807) is 6.92 Å². The predicted molar refractivity (Wildman–Crippen MR) is 74.0 cm³/mol. The Morgan fingerprint density at radius 1 is 1.37 bits per heavy atom. The topological polar surface area (TPSA) is 84.2 Å². The Bertz CT molecular complexity index is 453. The van der Waals surface area contributed by atoms with Crippen LogP contribution in [0.5, 0.6) is 0 Å². The Balaban J connectivity index is 2.73. The molecule has 2 amide bonds. The Morgan fingerprint density at radius 2 is 2.00 bits per heavy atom. The maximum atomic E-state index is 12.0. The molecule has 1 aromatic heterocycles. The second-order valence-corrected chi connectivity index (χ2v) is 4.77. The first-order valence-corrected chi connectivity index (χ1v) is 6.61. The summed E-state index contributed by atoms with van der Waals surface area (Å²) in [6.45, 7) is 6.82. The molecule has 0 aromatic carbocycles. The number of amides is 2. The summed E-state index contributed by atoms with van der Waals surface area (Å²) in [5.41, 5.74) is 1.60. The molecule has 0 saturated heterocycles. The van der Waals surface area contributed by atoms with Gasteiger partial charge in [0.25, 0.3) is 0 Å². The van der Waals surface area contributed by atoms with E-state index in [2.05, 4.69) is 28.4 Å². The van der Waals surface area contributed by atoms with Gasteiger partial charge in [-0.15, -0.1) is 0 Å². The maximum Gasteiger partial charge on any atom is 0.243 e. The van der Waals surface area contributed by atoms with E-state index in [0.29, 0.717) is 5.76 Å². The van der Waals surface area contributed by atoms with Crippen molar-refractivity contribution in [3.8, 4) is 0 Å². The standard InChI is InChI=1S/C12H19N3O3S/c1-6(11-7(2)15-18-8(11)3)13-12(17)10(5-19)14-9(4)16/h6,10,19H,5H2,1-4H3,(H,13,17)(H,14,16). The average molecular weight is 285 g/mol. The lowest BCUT2D eigenvalue weighted by Gasteiger charge is -2.19. The average Bonchev–Trinajstić information content (AvgIpc) is 2.65. The summed E-state index contributed by atoms with van der Waals surface area (Å²) in [5.74, 6) is 0.365. The van der Waals surface area contributed by atoms with Crippen LogP contribution >= 0.6 is 12.6 Å². The second kappa shape index (κ2) is 6.60. The summed E-state index contributed by atoms with van der Waals surface area (Å²) in [7, 11) is 0. The first-order valence-electron chi connectivity index (χ1n) is 5.98. The van der Waals surface area contributed by atoms with Crippen molar-refractivity contribution in [1.29, 1.82) is 0 Å². The number of aromatic nitrogens is 1. The smallest absolute Gasteiger partial charge is 0.243 e. The molecular formula is C12H19N3O3S. The van der Waals surface area contributed by atoms with Crippen molar-refractivity contribution >= 4 is 24.4 Å². The Kier molecular flexibility index (Phi) is 5.41. The van der Waals surface area contributed by atoms with Crippen LogP contribution in [0, 0.1) is 13.8 Å². The fourth-order valence-corrected chi connectivity index (χ4v) is 2.19. The molecule has 0 aliphatic heterocycles. The molecule has 1 heterocycles. The third kappa shape index (κ3) is 3.99. The molecule has 7 heteroatoms. The first kappa shape index (κ1) is 15.6. The van der Waals surface area contributed by atoms with E-state index in [0.717, 1.165) is 11.3 Å². The molecule has 1 aromatic rings. The van der Waals surface area contributed by atoms with Gasteiger partial charge in [-0.05, 0) is 20.8 Å². The number of carbonyl (C=O) groups excluding carboxylic acids is 2. The second-order valence-electron chi connectivity index (χ2n) is 4.40. The molecule has 6 nitrogen and oxygen atoms in total. The molecule has 2 atom stereocenters. The number of hydrogen-bond donors (Lipinski definition) is 3. The molecule has 2 N–H and O–H groups in total. The third-order valence-electron chi connectivity index (χ3n) is 2.76. The van der Waals surface area contributed by atoms with Crippen LogP contribution in [0.4, 0.5) is 0 Å². The Morgan fingerprint density at radius 3 is 2.42 bits per heavy atom. The van der Waals surface area contributed by atoms with Crippen molar-refractivity contribution in [2.45, 2.75) is 39.8 Å². The molecular weight excluding hydrogens is 266 g/mol. The van der Waals surface area contributed by atoms with Gasteiger partial charge in [0, 0.05) is 18.2 Å². The van der Waals surface area contributed by atoms with Crippen molar-refractivity contribution in [3.05, 3.63) is 17.0 Å². The van der Waals surface area contributed by atoms with Crippen LogP contribution < -0.4 is 10.6 Å². The molecule has 0 spiro atoms. The monoisotopic (exact) mass is 285 g/mol. The van der Waals surface area contributed by atoms with E-state index in [4.69, 9.17) is 4.52 Å². The van der Waals surface area contributed by atoms with Gasteiger partial charge in [0.05, 0.1) is 11.7 Å². The highest BCUT2D eigenvalue weighted by molar-refractivity contribution is 7.80. The van der Waals surface area contributed by atoms with Gasteiger partial charge in [-0.3, -0.25) is 9.59 Å². The van der Waals surface area contributed by atoms with Gasteiger partial charge in [0.1, 0.15) is 11.8 Å². The largest absolute Gasteiger partial charge is 0.361 e. The van der Waals surface area contributed by atoms with Gasteiger partial charge in [-0.25, -0.2) is 0 Å². The summed E-state index contributed by atoms with van der Waals surface area (Å²) in [4.78, 5) is 23.0. The van der Waals surface area contributed by atoms with Crippen LogP contribution in [-0.2, 0) is 9.59 Å². The highest BCUT2D eigenvalue weighted by Gasteiger charge is 2.23. The van der Waals surface area contributed by atoms with E-state index in [9.17, 15) is 9.59 Å². The zero-order chi connectivity index (χ0) is 14.6. The fourth-order valence-electron chi connectivity index (χ4n) is 1.93. The minimum absolute atomic E-state index is 0.236. The van der Waals surface area contributed by atoms with Gasteiger partial charge < -0.3 is 15.2 Å². The van der Waals surface area contributed by atoms with Crippen LogP contribution in [0.25, 0.3) is 0 Å². The van der Waals surface area contributed by atoms with E-state index >= 15 is 0 Å². The highest BCUT2D eigenvalue weighted by Crippen LogP contribution is 2.20. The normalized spacial score (nSPS) is 13.7. The summed E-state index contributed by atoms with van der Waals surface area (Å²) >= 11 is 4.06. The van der Waals surface area contributed by atoms with Gasteiger partial charge in [-0.2, -0.15) is 12.6 Å². The lowest BCUT2D eigenvalue weighted by Crippen LogP contribution is -2.47. The van der Waals surface area contributed by atoms with Gasteiger partial charge in [-0.1, -0.05) is 5.16 Å². The fraction of sp³-hybridized carbons (Fsp3) is 0.583. The van der Waals surface area contributed by atoms with Crippen LogP contribution in [0.3, 0.4) is 0 Å². The Labute approximate surface area is 117 Å². The van der Waals surface area contributed by atoms with Crippen molar-refractivity contribution in [3.63, 3.8) is 0 Å². The third-order valence-corrected chi connectivity index (χ3v) is 3.12. The van der Waals surface area contributed by atoms with Crippen molar-refractivity contribution in [2.24, 2.45) is 0 Å². The van der Waals surface area contributed by atoms with E-state index in [1.165, 1.54) is 6.92 Å². The molecule has 0 radical (unpaired) electrons. The predicted octanol–water partition coefficient (Wildman–Crippen LogP) is 0.903. The Hall–Kier alpha value is -1.50. The van der Waals surface area contributed by atoms with Gasteiger partial charge in [0.15, 0.2) is 0 Å². The number of aryl methyl sites for hydroxylation is 2. The summed E-state index contributed by atoms with van der Waals surface area (Å²) in [6.07, 6.45) is 0. The minimum Gasteiger partial charge on any atom is -0.361 e. The first-order chi connectivity index (χ1) is 8.86. The lowest BCUT2D eigenvalue weighted by molar-refractivity contribution is -0.127. The van der Waals surface area contributed by atoms with Gasteiger partial charge in [0.2, 0.25) is 11.8 Å².